The molecule has 0 aliphatic carbocycles. The first-order valence-electron chi connectivity index (χ1n) is 14.6. The molecule has 3 aliphatic rings. The molecule has 3 fully saturated rings. The van der Waals surface area contributed by atoms with E-state index in [-0.39, 0.29) is 5.56 Å². The van der Waals surface area contributed by atoms with Gasteiger partial charge in [-0.25, -0.2) is 0 Å². The number of methoxy groups -OCH3 is 2. The number of nitrogens with zero attached hydrogens (tertiary/aromatic N) is 5. The van der Waals surface area contributed by atoms with Crippen LogP contribution in [0.25, 0.3) is 21.9 Å². The molecule has 5 heterocycles. The van der Waals surface area contributed by atoms with Crippen LogP contribution in [0.1, 0.15) is 18.4 Å². The zero-order chi connectivity index (χ0) is 27.6. The van der Waals surface area contributed by atoms with Crippen molar-refractivity contribution in [1.29, 1.82) is 0 Å². The van der Waals surface area contributed by atoms with Gasteiger partial charge in [-0.2, -0.15) is 0 Å². The first kappa shape index (κ1) is 27.2. The van der Waals surface area contributed by atoms with Crippen molar-refractivity contribution in [2.45, 2.75) is 25.4 Å². The average Bonchev–Trinajstić information content (AvgIpc) is 2.98. The number of aryl methyl sites for hydroxylation is 1. The topological polar surface area (TPSA) is 75.1 Å². The van der Waals surface area contributed by atoms with E-state index in [4.69, 9.17) is 9.47 Å². The molecule has 3 aromatic rings. The summed E-state index contributed by atoms with van der Waals surface area (Å²) in [7, 11) is 5.21. The van der Waals surface area contributed by atoms with Crippen LogP contribution in [0.15, 0.2) is 41.6 Å². The van der Waals surface area contributed by atoms with E-state index in [1.165, 1.54) is 45.6 Å². The highest BCUT2D eigenvalue weighted by Gasteiger charge is 2.34. The van der Waals surface area contributed by atoms with Crippen LogP contribution in [0.3, 0.4) is 0 Å². The van der Waals surface area contributed by atoms with Crippen LogP contribution < -0.4 is 20.3 Å². The quantitative estimate of drug-likeness (QED) is 0.462. The van der Waals surface area contributed by atoms with Crippen LogP contribution in [0, 0.1) is 5.92 Å². The second-order valence-corrected chi connectivity index (χ2v) is 11.6. The van der Waals surface area contributed by atoms with Gasteiger partial charge in [0.05, 0.1) is 25.2 Å². The number of aromatic nitrogens is 2. The summed E-state index contributed by atoms with van der Waals surface area (Å²) in [5.41, 5.74) is 2.91. The van der Waals surface area contributed by atoms with Crippen molar-refractivity contribution in [1.82, 2.24) is 29.6 Å². The normalized spacial score (nSPS) is 20.1. The Labute approximate surface area is 236 Å². The van der Waals surface area contributed by atoms with Gasteiger partial charge in [0.25, 0.3) is 5.56 Å². The number of fused-ring (bicyclic) bond motifs is 1. The first-order valence-corrected chi connectivity index (χ1v) is 14.6. The van der Waals surface area contributed by atoms with Gasteiger partial charge in [-0.1, -0.05) is 0 Å². The molecule has 214 valence electrons. The Morgan fingerprint density at radius 1 is 0.975 bits per heavy atom. The Kier molecular flexibility index (Phi) is 8.07. The van der Waals surface area contributed by atoms with Crippen molar-refractivity contribution in [2.24, 2.45) is 13.0 Å². The SMILES string of the molecule is COc1cc(-c2cn(C)c(=O)c3cnccc23)cc(OC)c1CN1CCN(C2CN(CC3CCNCC3)C2)CC1. The van der Waals surface area contributed by atoms with E-state index in [0.717, 1.165) is 72.2 Å². The smallest absolute Gasteiger partial charge is 0.259 e. The van der Waals surface area contributed by atoms with Crippen LogP contribution >= 0.6 is 0 Å². The molecule has 0 bridgehead atoms. The molecular formula is C31H42N6O3. The van der Waals surface area contributed by atoms with Crippen molar-refractivity contribution in [3.63, 3.8) is 0 Å². The number of piperazine rings is 1. The summed E-state index contributed by atoms with van der Waals surface area (Å²) in [6.45, 7) is 11.2. The highest BCUT2D eigenvalue weighted by molar-refractivity contribution is 5.95. The van der Waals surface area contributed by atoms with Gasteiger partial charge in [0.15, 0.2) is 0 Å². The summed E-state index contributed by atoms with van der Waals surface area (Å²) in [6, 6.07) is 6.74. The number of nitrogens with one attached hydrogen (secondary N) is 1. The molecule has 40 heavy (non-hydrogen) atoms. The molecule has 0 amide bonds. The van der Waals surface area contributed by atoms with Crippen molar-refractivity contribution in [3.05, 3.63) is 52.7 Å². The van der Waals surface area contributed by atoms with E-state index >= 15 is 0 Å². The van der Waals surface area contributed by atoms with Crippen LogP contribution in [0.2, 0.25) is 0 Å². The van der Waals surface area contributed by atoms with E-state index in [1.807, 2.05) is 12.3 Å². The Morgan fingerprint density at radius 2 is 1.68 bits per heavy atom. The number of likely N-dealkylation sites (tertiary alicyclic amines) is 1. The lowest BCUT2D eigenvalue weighted by atomic mass is 9.95. The first-order chi connectivity index (χ1) is 19.5. The van der Waals surface area contributed by atoms with E-state index in [1.54, 1.807) is 38.2 Å². The van der Waals surface area contributed by atoms with Gasteiger partial charge in [-0.3, -0.25) is 24.5 Å². The van der Waals surface area contributed by atoms with Crippen LogP contribution in [0.5, 0.6) is 11.5 Å². The monoisotopic (exact) mass is 546 g/mol. The number of hydrogen-bond donors (Lipinski definition) is 1. The number of benzene rings is 1. The Bertz CT molecular complexity index is 1360. The largest absolute Gasteiger partial charge is 0.496 e. The minimum absolute atomic E-state index is 0.0575. The summed E-state index contributed by atoms with van der Waals surface area (Å²) in [4.78, 5) is 24.7. The molecule has 2 aromatic heterocycles. The maximum Gasteiger partial charge on any atom is 0.259 e. The third kappa shape index (κ3) is 5.48. The minimum Gasteiger partial charge on any atom is -0.496 e. The number of ether oxygens (including phenoxy) is 2. The molecule has 0 unspecified atom stereocenters. The molecule has 9 nitrogen and oxygen atoms in total. The fourth-order valence-corrected chi connectivity index (χ4v) is 6.70. The van der Waals surface area contributed by atoms with Gasteiger partial charge in [-0.15, -0.1) is 0 Å². The fourth-order valence-electron chi connectivity index (χ4n) is 6.70. The number of piperidine rings is 1. The van der Waals surface area contributed by atoms with Gasteiger partial charge in [0, 0.05) is 89.6 Å². The lowest BCUT2D eigenvalue weighted by molar-refractivity contribution is -0.00510. The molecule has 0 spiro atoms. The van der Waals surface area contributed by atoms with Crippen LogP contribution in [-0.4, -0.2) is 103 Å². The highest BCUT2D eigenvalue weighted by Crippen LogP contribution is 2.38. The van der Waals surface area contributed by atoms with Crippen molar-refractivity contribution in [2.75, 3.05) is 73.1 Å². The summed E-state index contributed by atoms with van der Waals surface area (Å²) >= 11 is 0. The van der Waals surface area contributed by atoms with Crippen molar-refractivity contribution < 1.29 is 9.47 Å². The second kappa shape index (κ2) is 11.9. The molecule has 0 saturated carbocycles. The molecule has 3 aliphatic heterocycles. The second-order valence-electron chi connectivity index (χ2n) is 11.6. The summed E-state index contributed by atoms with van der Waals surface area (Å²) in [5, 5.41) is 4.95. The molecule has 0 radical (unpaired) electrons. The minimum atomic E-state index is -0.0575. The Balaban J connectivity index is 1.12. The average molecular weight is 547 g/mol. The van der Waals surface area contributed by atoms with Gasteiger partial charge < -0.3 is 19.4 Å². The predicted molar refractivity (Wildman–Crippen MR) is 158 cm³/mol. The fraction of sp³-hybridized carbons (Fsp3) is 0.548. The Hall–Kier alpha value is -2.98. The lowest BCUT2D eigenvalue weighted by Gasteiger charge is -2.49. The maximum atomic E-state index is 12.7. The molecule has 0 atom stereocenters. The van der Waals surface area contributed by atoms with Gasteiger partial charge >= 0.3 is 0 Å². The lowest BCUT2D eigenvalue weighted by Crippen LogP contribution is -2.63. The van der Waals surface area contributed by atoms with Gasteiger partial charge in [0.2, 0.25) is 0 Å². The molecular weight excluding hydrogens is 504 g/mol. The molecule has 3 saturated heterocycles. The molecule has 1 aromatic carbocycles. The zero-order valence-electron chi connectivity index (χ0n) is 24.1. The van der Waals surface area contributed by atoms with E-state index in [2.05, 4.69) is 37.1 Å². The third-order valence-electron chi connectivity index (χ3n) is 9.12. The molecule has 6 rings (SSSR count). The van der Waals surface area contributed by atoms with Crippen LogP contribution in [0.4, 0.5) is 0 Å². The van der Waals surface area contributed by atoms with E-state index in [9.17, 15) is 4.79 Å². The highest BCUT2D eigenvalue weighted by atomic mass is 16.5. The Morgan fingerprint density at radius 3 is 2.35 bits per heavy atom. The summed E-state index contributed by atoms with van der Waals surface area (Å²) < 4.78 is 13.4. The van der Waals surface area contributed by atoms with E-state index in [0.29, 0.717) is 11.4 Å². The standard InChI is InChI=1S/C31H42N6O3/c1-34-20-27(25-6-9-33-16-26(25)31(34)38)23-14-29(39-2)28(30(15-23)40-3)21-35-10-12-37(13-11-35)24-18-36(19-24)17-22-4-7-32-8-5-22/h6,9,14-16,20,22,24,32H,4-5,7-8,10-13,17-19,21H2,1-3H3. The molecule has 1 N–H and O–H groups in total. The van der Waals surface area contributed by atoms with Crippen molar-refractivity contribution in [3.8, 4) is 22.6 Å². The third-order valence-corrected chi connectivity index (χ3v) is 9.12. The summed E-state index contributed by atoms with van der Waals surface area (Å²) in [6.07, 6.45) is 7.90. The predicted octanol–water partition coefficient (Wildman–Crippen LogP) is 2.42. The summed E-state index contributed by atoms with van der Waals surface area (Å²) in [5.74, 6) is 2.49. The number of rotatable bonds is 8. The van der Waals surface area contributed by atoms with Crippen molar-refractivity contribution >= 4 is 10.8 Å². The van der Waals surface area contributed by atoms with E-state index < -0.39 is 0 Å². The van der Waals surface area contributed by atoms with Gasteiger partial charge in [0.1, 0.15) is 11.5 Å². The maximum absolute atomic E-state index is 12.7. The van der Waals surface area contributed by atoms with Gasteiger partial charge in [-0.05, 0) is 61.0 Å². The van der Waals surface area contributed by atoms with Crippen LogP contribution in [-0.2, 0) is 13.6 Å². The number of hydrogen-bond acceptors (Lipinski definition) is 8. The zero-order valence-corrected chi connectivity index (χ0v) is 24.1. The molecule has 9 heteroatoms. The number of pyridine rings is 2.